The molecule has 0 aromatic rings. The zero-order valence-electron chi connectivity index (χ0n) is 8.17. The van der Waals surface area contributed by atoms with Crippen molar-refractivity contribution in [2.75, 3.05) is 0 Å². The molecule has 0 heterocycles. The second kappa shape index (κ2) is 2.92. The van der Waals surface area contributed by atoms with Crippen LogP contribution in [0.2, 0.25) is 0 Å². The van der Waals surface area contributed by atoms with Crippen molar-refractivity contribution >= 4 is 23.2 Å². The molecule has 70 valence electrons. The van der Waals surface area contributed by atoms with Crippen molar-refractivity contribution in [1.29, 1.82) is 0 Å². The molecular weight excluding hydrogens is 191 g/mol. The monoisotopic (exact) mass is 206 g/mol. The molecule has 2 heteroatoms. The lowest BCUT2D eigenvalue weighted by atomic mass is 9.79. The van der Waals surface area contributed by atoms with Gasteiger partial charge < -0.3 is 0 Å². The molecule has 0 bridgehead atoms. The second-order valence-corrected chi connectivity index (χ2v) is 5.85. The third kappa shape index (κ3) is 1.65. The number of hydrogen-bond donors (Lipinski definition) is 0. The highest BCUT2D eigenvalue weighted by Crippen LogP contribution is 2.55. The van der Waals surface area contributed by atoms with Gasteiger partial charge in [-0.15, -0.1) is 0 Å². The van der Waals surface area contributed by atoms with Gasteiger partial charge in [-0.05, 0) is 29.2 Å². The van der Waals surface area contributed by atoms with Gasteiger partial charge >= 0.3 is 0 Å². The van der Waals surface area contributed by atoms with E-state index in [1.54, 1.807) is 0 Å². The normalized spacial score (nSPS) is 26.0. The van der Waals surface area contributed by atoms with Gasteiger partial charge in [0.15, 0.2) is 0 Å². The van der Waals surface area contributed by atoms with Crippen molar-refractivity contribution in [3.63, 3.8) is 0 Å². The van der Waals surface area contributed by atoms with E-state index in [4.69, 9.17) is 23.2 Å². The van der Waals surface area contributed by atoms with Gasteiger partial charge in [0.1, 0.15) is 4.49 Å². The van der Waals surface area contributed by atoms with Crippen LogP contribution in [0, 0.1) is 10.8 Å². The fourth-order valence-electron chi connectivity index (χ4n) is 2.30. The van der Waals surface area contributed by atoms with Crippen LogP contribution in [0.5, 0.6) is 0 Å². The van der Waals surface area contributed by atoms with Crippen LogP contribution in [-0.2, 0) is 0 Å². The van der Waals surface area contributed by atoms with Gasteiger partial charge in [0, 0.05) is 0 Å². The van der Waals surface area contributed by atoms with Crippen LogP contribution < -0.4 is 0 Å². The summed E-state index contributed by atoms with van der Waals surface area (Å²) >= 11 is 11.8. The third-order valence-corrected chi connectivity index (χ3v) is 3.30. The van der Waals surface area contributed by atoms with Crippen molar-refractivity contribution < 1.29 is 0 Å². The van der Waals surface area contributed by atoms with Crippen LogP contribution in [0.4, 0.5) is 0 Å². The van der Waals surface area contributed by atoms with Crippen molar-refractivity contribution in [3.05, 3.63) is 10.1 Å². The largest absolute Gasteiger partial charge is 0.107 e. The molecule has 0 amide bonds. The van der Waals surface area contributed by atoms with Gasteiger partial charge in [-0.3, -0.25) is 0 Å². The minimum Gasteiger partial charge on any atom is -0.0709 e. The van der Waals surface area contributed by atoms with Crippen molar-refractivity contribution in [2.45, 2.75) is 40.5 Å². The van der Waals surface area contributed by atoms with E-state index in [9.17, 15) is 0 Å². The molecule has 0 saturated heterocycles. The Morgan fingerprint density at radius 3 is 1.50 bits per heavy atom. The third-order valence-electron chi connectivity index (χ3n) is 2.92. The molecule has 1 rings (SSSR count). The first-order chi connectivity index (χ1) is 5.27. The van der Waals surface area contributed by atoms with Crippen LogP contribution in [0.25, 0.3) is 0 Å². The first-order valence-electron chi connectivity index (χ1n) is 4.34. The lowest BCUT2D eigenvalue weighted by Gasteiger charge is -2.27. The van der Waals surface area contributed by atoms with E-state index in [2.05, 4.69) is 27.7 Å². The number of halogens is 2. The summed E-state index contributed by atoms with van der Waals surface area (Å²) in [6.45, 7) is 8.84. The highest BCUT2D eigenvalue weighted by Gasteiger charge is 2.43. The smallest absolute Gasteiger partial charge is 0.0709 e. The number of hydrogen-bond acceptors (Lipinski definition) is 0. The minimum absolute atomic E-state index is 0.183. The Labute approximate surface area is 84.9 Å². The van der Waals surface area contributed by atoms with Crippen LogP contribution in [-0.4, -0.2) is 0 Å². The van der Waals surface area contributed by atoms with E-state index in [1.807, 2.05) is 0 Å². The predicted octanol–water partition coefficient (Wildman–Crippen LogP) is 4.52. The van der Waals surface area contributed by atoms with Crippen LogP contribution >= 0.6 is 23.2 Å². The fourth-order valence-corrected chi connectivity index (χ4v) is 3.33. The molecule has 0 spiro atoms. The molecule has 1 aliphatic rings. The average Bonchev–Trinajstić information content (AvgIpc) is 2.01. The molecule has 1 fully saturated rings. The maximum absolute atomic E-state index is 5.90. The Morgan fingerprint density at radius 1 is 1.00 bits per heavy atom. The van der Waals surface area contributed by atoms with E-state index in [0.29, 0.717) is 4.49 Å². The Balaban J connectivity index is 3.15. The Bertz CT molecular complexity index is 202. The standard InChI is InChI=1S/C10H16Cl2/c1-9(2)5-6-10(3,4)7(9)8(11)12/h5-6H2,1-4H3. The van der Waals surface area contributed by atoms with Gasteiger partial charge in [0.25, 0.3) is 0 Å². The molecule has 0 radical (unpaired) electrons. The first-order valence-corrected chi connectivity index (χ1v) is 5.09. The van der Waals surface area contributed by atoms with E-state index >= 15 is 0 Å². The topological polar surface area (TPSA) is 0 Å². The second-order valence-electron chi connectivity index (χ2n) is 4.90. The molecular formula is C10H16Cl2. The summed E-state index contributed by atoms with van der Waals surface area (Å²) in [5, 5.41) is 0. The Kier molecular flexibility index (Phi) is 2.53. The fraction of sp³-hybridized carbons (Fsp3) is 0.800. The summed E-state index contributed by atoms with van der Waals surface area (Å²) in [4.78, 5) is 0. The van der Waals surface area contributed by atoms with E-state index < -0.39 is 0 Å². The van der Waals surface area contributed by atoms with Crippen molar-refractivity contribution in [2.24, 2.45) is 10.8 Å². The molecule has 12 heavy (non-hydrogen) atoms. The van der Waals surface area contributed by atoms with Crippen LogP contribution in [0.1, 0.15) is 40.5 Å². The average molecular weight is 207 g/mol. The zero-order valence-corrected chi connectivity index (χ0v) is 9.68. The van der Waals surface area contributed by atoms with Gasteiger partial charge in [-0.25, -0.2) is 0 Å². The predicted molar refractivity (Wildman–Crippen MR) is 55.5 cm³/mol. The molecule has 0 atom stereocenters. The summed E-state index contributed by atoms with van der Waals surface area (Å²) < 4.78 is 0.475. The first kappa shape index (κ1) is 10.4. The van der Waals surface area contributed by atoms with Gasteiger partial charge in [0.05, 0.1) is 0 Å². The van der Waals surface area contributed by atoms with Crippen molar-refractivity contribution in [3.8, 4) is 0 Å². The van der Waals surface area contributed by atoms with Crippen LogP contribution in [0.15, 0.2) is 10.1 Å². The summed E-state index contributed by atoms with van der Waals surface area (Å²) in [5.74, 6) is 0. The number of rotatable bonds is 0. The molecule has 0 aromatic carbocycles. The SMILES string of the molecule is CC1(C)CCC(C)(C)C1=C(Cl)Cl. The summed E-state index contributed by atoms with van der Waals surface area (Å²) in [6.07, 6.45) is 2.36. The molecule has 0 N–H and O–H groups in total. The van der Waals surface area contributed by atoms with Gasteiger partial charge in [-0.2, -0.15) is 0 Å². The molecule has 1 aliphatic carbocycles. The molecule has 1 saturated carbocycles. The number of allylic oxidation sites excluding steroid dienone is 1. The maximum atomic E-state index is 5.90. The summed E-state index contributed by atoms with van der Waals surface area (Å²) in [7, 11) is 0. The minimum atomic E-state index is 0.183. The summed E-state index contributed by atoms with van der Waals surface area (Å²) in [6, 6.07) is 0. The van der Waals surface area contributed by atoms with Gasteiger partial charge in [0.2, 0.25) is 0 Å². The van der Waals surface area contributed by atoms with Crippen LogP contribution in [0.3, 0.4) is 0 Å². The highest BCUT2D eigenvalue weighted by molar-refractivity contribution is 6.56. The van der Waals surface area contributed by atoms with Crippen molar-refractivity contribution in [1.82, 2.24) is 0 Å². The maximum Gasteiger partial charge on any atom is 0.107 e. The Morgan fingerprint density at radius 2 is 1.33 bits per heavy atom. The van der Waals surface area contributed by atoms with E-state index in [-0.39, 0.29) is 10.8 Å². The lowest BCUT2D eigenvalue weighted by molar-refractivity contribution is 0.444. The molecule has 0 aliphatic heterocycles. The highest BCUT2D eigenvalue weighted by atomic mass is 35.5. The molecule has 0 aromatic heterocycles. The molecule has 0 nitrogen and oxygen atoms in total. The van der Waals surface area contributed by atoms with E-state index in [0.717, 1.165) is 0 Å². The van der Waals surface area contributed by atoms with E-state index in [1.165, 1.54) is 18.4 Å². The van der Waals surface area contributed by atoms with Gasteiger partial charge in [-0.1, -0.05) is 50.9 Å². The zero-order chi connectivity index (χ0) is 9.57. The summed E-state index contributed by atoms with van der Waals surface area (Å²) in [5.41, 5.74) is 1.59. The molecule has 0 unspecified atom stereocenters. The quantitative estimate of drug-likeness (QED) is 0.547. The Hall–Kier alpha value is 0.320. The lowest BCUT2D eigenvalue weighted by Crippen LogP contribution is -2.16.